The van der Waals surface area contributed by atoms with Gasteiger partial charge in [-0.25, -0.2) is 0 Å². The molecule has 18 heavy (non-hydrogen) atoms. The highest BCUT2D eigenvalue weighted by Crippen LogP contribution is 2.32. The number of halogens is 1. The summed E-state index contributed by atoms with van der Waals surface area (Å²) in [5.41, 5.74) is 7.15. The van der Waals surface area contributed by atoms with Crippen LogP contribution in [0, 0.1) is 5.92 Å². The van der Waals surface area contributed by atoms with Crippen LogP contribution in [0.15, 0.2) is 24.3 Å². The van der Waals surface area contributed by atoms with E-state index in [9.17, 15) is 0 Å². The summed E-state index contributed by atoms with van der Waals surface area (Å²) in [5, 5.41) is 0.840. The molecule has 2 N–H and O–H groups in total. The Kier molecular flexibility index (Phi) is 5.04. The quantitative estimate of drug-likeness (QED) is 0.884. The zero-order chi connectivity index (χ0) is 13.0. The van der Waals surface area contributed by atoms with Gasteiger partial charge in [-0.3, -0.25) is 4.90 Å². The Morgan fingerprint density at radius 3 is 2.89 bits per heavy atom. The average Bonchev–Trinajstić information content (AvgIpc) is 2.82. The van der Waals surface area contributed by atoms with Gasteiger partial charge in [-0.1, -0.05) is 43.1 Å². The van der Waals surface area contributed by atoms with Crippen LogP contribution in [0.5, 0.6) is 0 Å². The molecule has 0 spiro atoms. The molecule has 1 aliphatic rings. The molecule has 1 heterocycles. The van der Waals surface area contributed by atoms with Crippen molar-refractivity contribution in [2.24, 2.45) is 11.7 Å². The number of hydrogen-bond acceptors (Lipinski definition) is 2. The maximum absolute atomic E-state index is 6.29. The zero-order valence-electron chi connectivity index (χ0n) is 11.1. The summed E-state index contributed by atoms with van der Waals surface area (Å²) in [5.74, 6) is 0.839. The topological polar surface area (TPSA) is 29.3 Å². The lowest BCUT2D eigenvalue weighted by Gasteiger charge is -2.27. The van der Waals surface area contributed by atoms with Crippen molar-refractivity contribution in [3.63, 3.8) is 0 Å². The largest absolute Gasteiger partial charge is 0.329 e. The van der Waals surface area contributed by atoms with Gasteiger partial charge in [0.25, 0.3) is 0 Å². The molecule has 0 aliphatic carbocycles. The molecule has 100 valence electrons. The van der Waals surface area contributed by atoms with Gasteiger partial charge in [0.15, 0.2) is 0 Å². The van der Waals surface area contributed by atoms with Crippen LogP contribution in [-0.4, -0.2) is 24.5 Å². The van der Waals surface area contributed by atoms with E-state index in [-0.39, 0.29) is 6.04 Å². The molecule has 0 amide bonds. The van der Waals surface area contributed by atoms with E-state index in [1.54, 1.807) is 0 Å². The molecule has 0 bridgehead atoms. The summed E-state index contributed by atoms with van der Waals surface area (Å²) >= 11 is 6.29. The first-order valence-electron chi connectivity index (χ1n) is 6.94. The minimum Gasteiger partial charge on any atom is -0.329 e. The van der Waals surface area contributed by atoms with Gasteiger partial charge >= 0.3 is 0 Å². The Hall–Kier alpha value is -0.570. The van der Waals surface area contributed by atoms with Crippen LogP contribution >= 0.6 is 11.6 Å². The molecule has 1 aliphatic heterocycles. The molecule has 0 saturated carbocycles. The van der Waals surface area contributed by atoms with Crippen LogP contribution in [0.25, 0.3) is 0 Å². The molecular weight excluding hydrogens is 244 g/mol. The van der Waals surface area contributed by atoms with Gasteiger partial charge in [0.2, 0.25) is 0 Å². The highest BCUT2D eigenvalue weighted by atomic mass is 35.5. The molecule has 0 aromatic heterocycles. The van der Waals surface area contributed by atoms with Crippen LogP contribution in [-0.2, 0) is 0 Å². The lowest BCUT2D eigenvalue weighted by molar-refractivity contribution is 0.240. The van der Waals surface area contributed by atoms with E-state index < -0.39 is 0 Å². The summed E-state index contributed by atoms with van der Waals surface area (Å²) in [4.78, 5) is 2.50. The summed E-state index contributed by atoms with van der Waals surface area (Å²) < 4.78 is 0. The average molecular weight is 267 g/mol. The fraction of sp³-hybridized carbons (Fsp3) is 0.600. The van der Waals surface area contributed by atoms with Gasteiger partial charge < -0.3 is 5.73 Å². The van der Waals surface area contributed by atoms with Crippen molar-refractivity contribution in [3.05, 3.63) is 34.9 Å². The first-order valence-corrected chi connectivity index (χ1v) is 7.32. The minimum absolute atomic E-state index is 0.278. The smallest absolute Gasteiger partial charge is 0.0485 e. The Balaban J connectivity index is 2.08. The molecule has 2 rings (SSSR count). The third-order valence-corrected chi connectivity index (χ3v) is 4.29. The summed E-state index contributed by atoms with van der Waals surface area (Å²) in [6.45, 7) is 5.22. The van der Waals surface area contributed by atoms with E-state index in [1.807, 2.05) is 18.2 Å². The van der Waals surface area contributed by atoms with Crippen LogP contribution in [0.4, 0.5) is 0 Å². The molecule has 2 atom stereocenters. The van der Waals surface area contributed by atoms with E-state index in [4.69, 9.17) is 17.3 Å². The monoisotopic (exact) mass is 266 g/mol. The van der Waals surface area contributed by atoms with E-state index in [2.05, 4.69) is 17.9 Å². The van der Waals surface area contributed by atoms with Gasteiger partial charge in [-0.2, -0.15) is 0 Å². The fourth-order valence-electron chi connectivity index (χ4n) is 3.01. The predicted molar refractivity (Wildman–Crippen MR) is 77.8 cm³/mol. The van der Waals surface area contributed by atoms with Gasteiger partial charge in [0.1, 0.15) is 0 Å². The van der Waals surface area contributed by atoms with Crippen LogP contribution in [0.2, 0.25) is 5.02 Å². The van der Waals surface area contributed by atoms with Crippen molar-refractivity contribution in [2.45, 2.75) is 32.2 Å². The van der Waals surface area contributed by atoms with Crippen molar-refractivity contribution in [3.8, 4) is 0 Å². The van der Waals surface area contributed by atoms with Crippen molar-refractivity contribution in [2.75, 3.05) is 19.6 Å². The van der Waals surface area contributed by atoms with E-state index in [0.717, 1.165) is 17.5 Å². The van der Waals surface area contributed by atoms with Gasteiger partial charge in [0.05, 0.1) is 0 Å². The highest BCUT2D eigenvalue weighted by molar-refractivity contribution is 6.31. The zero-order valence-corrected chi connectivity index (χ0v) is 11.9. The number of nitrogens with two attached hydrogens (primary N) is 1. The van der Waals surface area contributed by atoms with Crippen LogP contribution in [0.3, 0.4) is 0 Å². The Morgan fingerprint density at radius 2 is 2.22 bits per heavy atom. The number of likely N-dealkylation sites (tertiary alicyclic amines) is 1. The number of hydrogen-bond donors (Lipinski definition) is 1. The Labute approximate surface area is 115 Å². The molecule has 1 saturated heterocycles. The van der Waals surface area contributed by atoms with Crippen molar-refractivity contribution in [1.82, 2.24) is 4.90 Å². The van der Waals surface area contributed by atoms with E-state index >= 15 is 0 Å². The Bertz CT molecular complexity index is 381. The normalized spacial score (nSPS) is 22.3. The fourth-order valence-corrected chi connectivity index (χ4v) is 3.27. The molecule has 1 aromatic rings. The second kappa shape index (κ2) is 6.55. The van der Waals surface area contributed by atoms with Crippen LogP contribution < -0.4 is 5.73 Å². The van der Waals surface area contributed by atoms with Gasteiger partial charge in [0, 0.05) is 24.2 Å². The Morgan fingerprint density at radius 1 is 1.44 bits per heavy atom. The van der Waals surface area contributed by atoms with Crippen LogP contribution in [0.1, 0.15) is 37.8 Å². The van der Waals surface area contributed by atoms with E-state index in [1.165, 1.54) is 31.4 Å². The summed E-state index contributed by atoms with van der Waals surface area (Å²) in [6.07, 6.45) is 3.91. The molecule has 1 aromatic carbocycles. The van der Waals surface area contributed by atoms with E-state index in [0.29, 0.717) is 6.54 Å². The van der Waals surface area contributed by atoms with Crippen molar-refractivity contribution in [1.29, 1.82) is 0 Å². The molecule has 2 nitrogen and oxygen atoms in total. The van der Waals surface area contributed by atoms with Gasteiger partial charge in [-0.05, 0) is 36.9 Å². The second-order valence-corrected chi connectivity index (χ2v) is 5.62. The van der Waals surface area contributed by atoms with Crippen molar-refractivity contribution >= 4 is 11.6 Å². The minimum atomic E-state index is 0.278. The molecular formula is C15H23ClN2. The predicted octanol–water partition coefficient (Wildman–Crippen LogP) is 3.46. The molecule has 0 radical (unpaired) electrons. The number of benzene rings is 1. The second-order valence-electron chi connectivity index (χ2n) is 5.21. The highest BCUT2D eigenvalue weighted by Gasteiger charge is 2.28. The maximum atomic E-state index is 6.29. The first-order chi connectivity index (χ1) is 8.76. The maximum Gasteiger partial charge on any atom is 0.0485 e. The molecule has 3 heteroatoms. The van der Waals surface area contributed by atoms with Gasteiger partial charge in [-0.15, -0.1) is 0 Å². The third kappa shape index (κ3) is 3.05. The summed E-state index contributed by atoms with van der Waals surface area (Å²) in [7, 11) is 0. The lowest BCUT2D eigenvalue weighted by atomic mass is 10.0. The SMILES string of the molecule is CCCC1CCN(C(CN)c2ccccc2Cl)C1. The molecule has 1 fully saturated rings. The third-order valence-electron chi connectivity index (χ3n) is 3.94. The molecule has 2 unspecified atom stereocenters. The standard InChI is InChI=1S/C15H23ClN2/c1-2-5-12-8-9-18(11-12)15(10-17)13-6-3-4-7-14(13)16/h3-4,6-7,12,15H,2,5,8-11,17H2,1H3. The summed E-state index contributed by atoms with van der Waals surface area (Å²) in [6, 6.07) is 8.36. The first kappa shape index (κ1) is 13.9. The number of rotatable bonds is 5. The lowest BCUT2D eigenvalue weighted by Crippen LogP contribution is -2.32. The van der Waals surface area contributed by atoms with Crippen molar-refractivity contribution < 1.29 is 0 Å². The number of nitrogens with zero attached hydrogens (tertiary/aromatic N) is 1.